The number of fused-ring (bicyclic) bond motifs is 1. The van der Waals surface area contributed by atoms with Crippen LogP contribution < -0.4 is 5.73 Å². The molecule has 0 aliphatic heterocycles. The number of anilines is 1. The normalized spacial score (nSPS) is 15.0. The molecule has 1 aliphatic rings. The molecule has 124 valence electrons. The molecule has 4 rings (SSSR count). The zero-order valence-corrected chi connectivity index (χ0v) is 14.4. The number of aromatic nitrogens is 4. The number of nitrogens with two attached hydrogens (primary N) is 1. The average molecular weight is 350 g/mol. The second kappa shape index (κ2) is 6.18. The maximum atomic E-state index is 6.02. The minimum atomic E-state index is 0.632. The largest absolute Gasteiger partial charge is 0.399 e. The van der Waals surface area contributed by atoms with Crippen LogP contribution in [-0.4, -0.2) is 20.6 Å². The van der Waals surface area contributed by atoms with Crippen molar-refractivity contribution >= 4 is 34.5 Å². The molecule has 2 aromatic carbocycles. The molecule has 3 N–H and O–H groups in total. The molecule has 1 aliphatic carbocycles. The first kappa shape index (κ1) is 15.6. The van der Waals surface area contributed by atoms with Crippen molar-refractivity contribution in [1.82, 2.24) is 20.6 Å². The summed E-state index contributed by atoms with van der Waals surface area (Å²) in [7, 11) is 0. The number of rotatable bonds is 3. The van der Waals surface area contributed by atoms with Gasteiger partial charge in [0.05, 0.1) is 0 Å². The Morgan fingerprint density at radius 3 is 2.64 bits per heavy atom. The minimum Gasteiger partial charge on any atom is -0.399 e. The van der Waals surface area contributed by atoms with Crippen molar-refractivity contribution < 1.29 is 0 Å². The van der Waals surface area contributed by atoms with Crippen LogP contribution in [0.15, 0.2) is 48.0 Å². The lowest BCUT2D eigenvalue weighted by molar-refractivity contribution is 0.881. The lowest BCUT2D eigenvalue weighted by Crippen LogP contribution is -1.95. The van der Waals surface area contributed by atoms with Crippen LogP contribution in [0.25, 0.3) is 17.2 Å². The van der Waals surface area contributed by atoms with Gasteiger partial charge in [0.1, 0.15) is 0 Å². The van der Waals surface area contributed by atoms with Crippen LogP contribution >= 0.6 is 11.6 Å². The number of allylic oxidation sites excluding steroid dienone is 3. The third-order valence-corrected chi connectivity index (χ3v) is 4.68. The molecule has 0 unspecified atom stereocenters. The van der Waals surface area contributed by atoms with E-state index >= 15 is 0 Å². The minimum absolute atomic E-state index is 0.632. The highest BCUT2D eigenvalue weighted by molar-refractivity contribution is 6.30. The van der Waals surface area contributed by atoms with Crippen molar-refractivity contribution in [1.29, 1.82) is 0 Å². The lowest BCUT2D eigenvalue weighted by atomic mass is 10.00. The maximum Gasteiger partial charge on any atom is 0.152 e. The zero-order valence-electron chi connectivity index (χ0n) is 13.6. The third-order valence-electron chi connectivity index (χ3n) is 4.43. The summed E-state index contributed by atoms with van der Waals surface area (Å²) >= 11 is 5.99. The van der Waals surface area contributed by atoms with E-state index in [4.69, 9.17) is 17.3 Å². The zero-order chi connectivity index (χ0) is 17.4. The highest BCUT2D eigenvalue weighted by Gasteiger charge is 2.24. The Morgan fingerprint density at radius 1 is 1.12 bits per heavy atom. The monoisotopic (exact) mass is 349 g/mol. The molecule has 5 nitrogen and oxygen atoms in total. The fraction of sp³-hybridized carbons (Fsp3) is 0.105. The van der Waals surface area contributed by atoms with E-state index in [-0.39, 0.29) is 0 Å². The second-order valence-electron chi connectivity index (χ2n) is 6.04. The van der Waals surface area contributed by atoms with Gasteiger partial charge >= 0.3 is 0 Å². The Labute approximate surface area is 150 Å². The number of nitrogen functional groups attached to an aromatic ring is 1. The number of nitrogens with zero attached hydrogens (tertiary/aromatic N) is 3. The number of benzene rings is 2. The molecular formula is C19H16ClN5. The van der Waals surface area contributed by atoms with E-state index in [1.165, 1.54) is 22.3 Å². The molecule has 0 spiro atoms. The topological polar surface area (TPSA) is 80.5 Å². The molecule has 25 heavy (non-hydrogen) atoms. The van der Waals surface area contributed by atoms with Gasteiger partial charge in [-0.25, -0.2) is 5.10 Å². The molecule has 0 bridgehead atoms. The van der Waals surface area contributed by atoms with Crippen molar-refractivity contribution in [3.8, 4) is 0 Å². The molecule has 1 heterocycles. The molecule has 0 amide bonds. The van der Waals surface area contributed by atoms with Crippen LogP contribution in [0.5, 0.6) is 0 Å². The van der Waals surface area contributed by atoms with E-state index < -0.39 is 0 Å². The molecule has 6 heteroatoms. The van der Waals surface area contributed by atoms with Crippen LogP contribution in [0.3, 0.4) is 0 Å². The standard InChI is InChI=1S/C19H16ClN5/c1-11-16(8-12-2-4-13(20)5-3-12)15-7-6-14(21)9-18(15)17(11)10-19-22-24-25-23-19/h2-9H,10,21H2,1H3,(H,22,23,24,25). The van der Waals surface area contributed by atoms with Gasteiger partial charge < -0.3 is 5.73 Å². The fourth-order valence-electron chi connectivity index (χ4n) is 3.17. The average Bonchev–Trinajstić information content (AvgIpc) is 3.20. The van der Waals surface area contributed by atoms with Gasteiger partial charge in [-0.1, -0.05) is 29.8 Å². The maximum absolute atomic E-state index is 6.02. The quantitative estimate of drug-likeness (QED) is 0.700. The van der Waals surface area contributed by atoms with Crippen molar-refractivity contribution in [2.75, 3.05) is 5.73 Å². The van der Waals surface area contributed by atoms with Crippen LogP contribution in [0, 0.1) is 0 Å². The van der Waals surface area contributed by atoms with Crippen LogP contribution in [0.1, 0.15) is 29.4 Å². The number of hydrogen-bond donors (Lipinski definition) is 2. The Morgan fingerprint density at radius 2 is 1.92 bits per heavy atom. The molecule has 0 saturated heterocycles. The van der Waals surface area contributed by atoms with E-state index in [2.05, 4.69) is 39.7 Å². The molecule has 1 aromatic heterocycles. The summed E-state index contributed by atoms with van der Waals surface area (Å²) in [5.41, 5.74) is 13.7. The predicted octanol–water partition coefficient (Wildman–Crippen LogP) is 4.01. The van der Waals surface area contributed by atoms with Gasteiger partial charge in [-0.3, -0.25) is 0 Å². The highest BCUT2D eigenvalue weighted by Crippen LogP contribution is 2.43. The molecular weight excluding hydrogens is 334 g/mol. The first-order valence-electron chi connectivity index (χ1n) is 7.92. The van der Waals surface area contributed by atoms with E-state index in [1.807, 2.05) is 36.4 Å². The smallest absolute Gasteiger partial charge is 0.152 e. The number of tetrazole rings is 1. The summed E-state index contributed by atoms with van der Waals surface area (Å²) in [6.45, 7) is 2.12. The molecule has 3 aromatic rings. The number of nitrogens with one attached hydrogen (secondary N) is 1. The summed E-state index contributed by atoms with van der Waals surface area (Å²) in [6.07, 6.45) is 2.81. The Balaban J connectivity index is 1.84. The Hall–Kier alpha value is -2.92. The van der Waals surface area contributed by atoms with E-state index in [9.17, 15) is 0 Å². The third kappa shape index (κ3) is 2.94. The van der Waals surface area contributed by atoms with Crippen LogP contribution in [0.4, 0.5) is 5.69 Å². The van der Waals surface area contributed by atoms with Crippen molar-refractivity contribution in [3.63, 3.8) is 0 Å². The summed E-state index contributed by atoms with van der Waals surface area (Å²) in [4.78, 5) is 0. The lowest BCUT2D eigenvalue weighted by Gasteiger charge is -2.05. The van der Waals surface area contributed by atoms with Crippen molar-refractivity contribution in [3.05, 3.63) is 75.6 Å². The summed E-state index contributed by atoms with van der Waals surface area (Å²) in [5, 5.41) is 14.9. The van der Waals surface area contributed by atoms with Gasteiger partial charge in [-0.15, -0.1) is 5.10 Å². The first-order chi connectivity index (χ1) is 12.1. The second-order valence-corrected chi connectivity index (χ2v) is 6.48. The molecule has 0 fully saturated rings. The molecule has 0 atom stereocenters. The van der Waals surface area contributed by atoms with Gasteiger partial charge in [0.2, 0.25) is 0 Å². The van der Waals surface area contributed by atoms with Gasteiger partial charge in [0.15, 0.2) is 5.82 Å². The van der Waals surface area contributed by atoms with Crippen LogP contribution in [-0.2, 0) is 6.42 Å². The summed E-state index contributed by atoms with van der Waals surface area (Å²) < 4.78 is 0. The van der Waals surface area contributed by atoms with Gasteiger partial charge in [0.25, 0.3) is 0 Å². The number of halogens is 1. The highest BCUT2D eigenvalue weighted by atomic mass is 35.5. The SMILES string of the molecule is CC1=C(Cc2nnn[nH]2)c2cc(N)ccc2C1=Cc1ccc(Cl)cc1. The van der Waals surface area contributed by atoms with Gasteiger partial charge in [-0.05, 0) is 81.1 Å². The van der Waals surface area contributed by atoms with E-state index in [0.717, 1.165) is 27.7 Å². The Kier molecular flexibility index (Phi) is 3.86. The van der Waals surface area contributed by atoms with Crippen LogP contribution in [0.2, 0.25) is 5.02 Å². The van der Waals surface area contributed by atoms with Crippen molar-refractivity contribution in [2.24, 2.45) is 0 Å². The van der Waals surface area contributed by atoms with E-state index in [0.29, 0.717) is 6.42 Å². The number of H-pyrrole nitrogens is 1. The fourth-order valence-corrected chi connectivity index (χ4v) is 3.30. The first-order valence-corrected chi connectivity index (χ1v) is 8.30. The van der Waals surface area contributed by atoms with E-state index in [1.54, 1.807) is 0 Å². The molecule has 0 radical (unpaired) electrons. The van der Waals surface area contributed by atoms with Gasteiger partial charge in [0, 0.05) is 17.1 Å². The summed E-state index contributed by atoms with van der Waals surface area (Å²) in [6, 6.07) is 13.8. The predicted molar refractivity (Wildman–Crippen MR) is 101 cm³/mol. The molecule has 0 saturated carbocycles. The number of aromatic amines is 1. The van der Waals surface area contributed by atoms with Crippen molar-refractivity contribution in [2.45, 2.75) is 13.3 Å². The Bertz CT molecular complexity index is 985. The van der Waals surface area contributed by atoms with Gasteiger partial charge in [-0.2, -0.15) is 0 Å². The summed E-state index contributed by atoms with van der Waals surface area (Å²) in [5.74, 6) is 0.732. The number of hydrogen-bond acceptors (Lipinski definition) is 4.